The summed E-state index contributed by atoms with van der Waals surface area (Å²) in [5, 5.41) is 5.83. The summed E-state index contributed by atoms with van der Waals surface area (Å²) in [6.45, 7) is 3.21. The molecule has 1 heterocycles. The van der Waals surface area contributed by atoms with Crippen LogP contribution in [0.3, 0.4) is 0 Å². The van der Waals surface area contributed by atoms with Crippen molar-refractivity contribution in [2.75, 3.05) is 44.7 Å². The van der Waals surface area contributed by atoms with Crippen molar-refractivity contribution < 1.29 is 42.9 Å². The monoisotopic (exact) mass is 610 g/mol. The number of carbonyl (C=O) groups excluding carboxylic acids is 4. The lowest BCUT2D eigenvalue weighted by atomic mass is 9.88. The number of para-hydroxylation sites is 2. The van der Waals surface area contributed by atoms with Crippen LogP contribution in [0.5, 0.6) is 17.2 Å². The van der Waals surface area contributed by atoms with Crippen LogP contribution in [0.1, 0.15) is 51.4 Å². The number of carbonyl (C=O) groups is 4. The summed E-state index contributed by atoms with van der Waals surface area (Å²) in [4.78, 5) is 51.6. The number of fused-ring (bicyclic) bond motifs is 1. The Hall–Kier alpha value is -4.58. The van der Waals surface area contributed by atoms with Gasteiger partial charge in [-0.3, -0.25) is 9.59 Å². The quantitative estimate of drug-likeness (QED) is 0.275. The molecule has 1 atom stereocenters. The predicted molar refractivity (Wildman–Crippen MR) is 160 cm³/mol. The molecule has 1 aliphatic rings. The SMILES string of the molecule is CCOC(=O)c1c(NC(=O)COC(=O)c2ccc(OCC(=O)Nc3ccccc3OC)c(OC)c2)sc2c1CCC(C)C2. The van der Waals surface area contributed by atoms with E-state index in [1.165, 1.54) is 43.8 Å². The minimum Gasteiger partial charge on any atom is -0.495 e. The summed E-state index contributed by atoms with van der Waals surface area (Å²) in [5.41, 5.74) is 1.91. The third-order valence-electron chi connectivity index (χ3n) is 6.72. The second-order valence-electron chi connectivity index (χ2n) is 9.80. The van der Waals surface area contributed by atoms with Crippen molar-refractivity contribution >= 4 is 45.8 Å². The van der Waals surface area contributed by atoms with Crippen LogP contribution in [-0.4, -0.2) is 57.8 Å². The molecule has 0 radical (unpaired) electrons. The molecule has 4 rings (SSSR count). The summed E-state index contributed by atoms with van der Waals surface area (Å²) >= 11 is 1.36. The fourth-order valence-corrected chi connectivity index (χ4v) is 6.04. The largest absolute Gasteiger partial charge is 0.495 e. The van der Waals surface area contributed by atoms with Crippen molar-refractivity contribution in [3.05, 3.63) is 64.0 Å². The topological polar surface area (TPSA) is 138 Å². The maximum Gasteiger partial charge on any atom is 0.341 e. The molecule has 1 unspecified atom stereocenters. The Morgan fingerprint density at radius 1 is 0.884 bits per heavy atom. The number of hydrogen-bond acceptors (Lipinski definition) is 10. The van der Waals surface area contributed by atoms with Crippen molar-refractivity contribution in [1.29, 1.82) is 0 Å². The van der Waals surface area contributed by atoms with Crippen LogP contribution in [0.2, 0.25) is 0 Å². The van der Waals surface area contributed by atoms with Crippen LogP contribution in [0.25, 0.3) is 0 Å². The number of anilines is 2. The van der Waals surface area contributed by atoms with Gasteiger partial charge in [0.1, 0.15) is 10.8 Å². The average Bonchev–Trinajstić information content (AvgIpc) is 3.35. The summed E-state index contributed by atoms with van der Waals surface area (Å²) < 4.78 is 26.6. The third-order valence-corrected chi connectivity index (χ3v) is 7.89. The molecular weight excluding hydrogens is 576 g/mol. The van der Waals surface area contributed by atoms with Gasteiger partial charge in [-0.15, -0.1) is 11.3 Å². The number of methoxy groups -OCH3 is 2. The van der Waals surface area contributed by atoms with E-state index in [-0.39, 0.29) is 30.3 Å². The van der Waals surface area contributed by atoms with Gasteiger partial charge in [-0.05, 0) is 68.0 Å². The highest BCUT2D eigenvalue weighted by Gasteiger charge is 2.29. The standard InChI is InChI=1S/C31H34N2O9S/c1-5-40-31(37)28-20-12-10-18(2)14-25(20)43-29(28)33-27(35)17-42-30(36)19-11-13-23(24(15-19)39-4)41-16-26(34)32-21-8-6-7-9-22(21)38-3/h6-9,11,13,15,18H,5,10,12,14,16-17H2,1-4H3,(H,32,34)(H,33,35). The zero-order chi connectivity index (χ0) is 30.9. The van der Waals surface area contributed by atoms with Gasteiger partial charge in [0.05, 0.1) is 37.6 Å². The van der Waals surface area contributed by atoms with Crippen LogP contribution in [0.15, 0.2) is 42.5 Å². The summed E-state index contributed by atoms with van der Waals surface area (Å²) in [6, 6.07) is 11.3. The lowest BCUT2D eigenvalue weighted by Crippen LogP contribution is -2.22. The van der Waals surface area contributed by atoms with E-state index < -0.39 is 30.4 Å². The molecule has 12 heteroatoms. The van der Waals surface area contributed by atoms with Gasteiger partial charge in [0.15, 0.2) is 24.7 Å². The fourth-order valence-electron chi connectivity index (χ4n) is 4.63. The number of rotatable bonds is 12. The van der Waals surface area contributed by atoms with Gasteiger partial charge in [0, 0.05) is 4.88 Å². The summed E-state index contributed by atoms with van der Waals surface area (Å²) in [7, 11) is 2.89. The van der Waals surface area contributed by atoms with E-state index in [0.29, 0.717) is 27.9 Å². The molecule has 0 saturated carbocycles. The Morgan fingerprint density at radius 2 is 1.63 bits per heavy atom. The molecule has 43 heavy (non-hydrogen) atoms. The summed E-state index contributed by atoms with van der Waals surface area (Å²) in [5.74, 6) is -0.835. The van der Waals surface area contributed by atoms with Crippen molar-refractivity contribution in [2.24, 2.45) is 5.92 Å². The maximum atomic E-state index is 12.7. The zero-order valence-corrected chi connectivity index (χ0v) is 25.3. The minimum absolute atomic E-state index is 0.114. The van der Waals surface area contributed by atoms with Gasteiger partial charge in [0.25, 0.3) is 11.8 Å². The van der Waals surface area contributed by atoms with E-state index in [2.05, 4.69) is 17.6 Å². The molecule has 0 aliphatic heterocycles. The maximum absolute atomic E-state index is 12.7. The Bertz CT molecular complexity index is 1500. The van der Waals surface area contributed by atoms with E-state index in [0.717, 1.165) is 29.7 Å². The Kier molecular flexibility index (Phi) is 10.6. The van der Waals surface area contributed by atoms with Crippen LogP contribution in [-0.2, 0) is 31.9 Å². The van der Waals surface area contributed by atoms with Gasteiger partial charge in [-0.25, -0.2) is 9.59 Å². The molecule has 0 spiro atoms. The highest BCUT2D eigenvalue weighted by atomic mass is 32.1. The number of esters is 2. The summed E-state index contributed by atoms with van der Waals surface area (Å²) in [6.07, 6.45) is 2.51. The zero-order valence-electron chi connectivity index (χ0n) is 24.4. The molecule has 228 valence electrons. The third kappa shape index (κ3) is 7.83. The second kappa shape index (κ2) is 14.5. The highest BCUT2D eigenvalue weighted by molar-refractivity contribution is 7.17. The predicted octanol–water partition coefficient (Wildman–Crippen LogP) is 4.88. The number of benzene rings is 2. The van der Waals surface area contributed by atoms with Crippen LogP contribution in [0, 0.1) is 5.92 Å². The first-order valence-electron chi connectivity index (χ1n) is 13.8. The normalized spacial score (nSPS) is 13.7. The molecule has 3 aromatic rings. The average molecular weight is 611 g/mol. The Morgan fingerprint density at radius 3 is 2.37 bits per heavy atom. The highest BCUT2D eigenvalue weighted by Crippen LogP contribution is 2.40. The fraction of sp³-hybridized carbons (Fsp3) is 0.355. The van der Waals surface area contributed by atoms with Gasteiger partial charge in [-0.2, -0.15) is 0 Å². The van der Waals surface area contributed by atoms with Crippen molar-refractivity contribution in [1.82, 2.24) is 0 Å². The molecule has 0 fully saturated rings. The number of thiophene rings is 1. The number of nitrogens with one attached hydrogen (secondary N) is 2. The molecule has 0 bridgehead atoms. The van der Waals surface area contributed by atoms with Gasteiger partial charge in [-0.1, -0.05) is 19.1 Å². The Balaban J connectivity index is 1.35. The van der Waals surface area contributed by atoms with E-state index in [9.17, 15) is 19.2 Å². The first-order valence-corrected chi connectivity index (χ1v) is 14.6. The van der Waals surface area contributed by atoms with Gasteiger partial charge in [0.2, 0.25) is 0 Å². The number of ether oxygens (including phenoxy) is 5. The molecular formula is C31H34N2O9S. The smallest absolute Gasteiger partial charge is 0.341 e. The van der Waals surface area contributed by atoms with E-state index >= 15 is 0 Å². The molecule has 11 nitrogen and oxygen atoms in total. The molecule has 0 saturated heterocycles. The lowest BCUT2D eigenvalue weighted by molar-refractivity contribution is -0.119. The van der Waals surface area contributed by atoms with Crippen molar-refractivity contribution in [3.8, 4) is 17.2 Å². The minimum atomic E-state index is -0.765. The molecule has 2 amide bonds. The first kappa shape index (κ1) is 31.4. The second-order valence-corrected chi connectivity index (χ2v) is 10.9. The molecule has 1 aromatic heterocycles. The van der Waals surface area contributed by atoms with Gasteiger partial charge < -0.3 is 34.3 Å². The molecule has 2 N–H and O–H groups in total. The molecule has 1 aliphatic carbocycles. The van der Waals surface area contributed by atoms with E-state index in [1.54, 1.807) is 31.2 Å². The first-order chi connectivity index (χ1) is 20.7. The number of amides is 2. The van der Waals surface area contributed by atoms with E-state index in [1.807, 2.05) is 0 Å². The van der Waals surface area contributed by atoms with Crippen LogP contribution < -0.4 is 24.8 Å². The van der Waals surface area contributed by atoms with Crippen molar-refractivity contribution in [2.45, 2.75) is 33.1 Å². The Labute approximate surface area is 253 Å². The molecule has 2 aromatic carbocycles. The van der Waals surface area contributed by atoms with E-state index in [4.69, 9.17) is 23.7 Å². The lowest BCUT2D eigenvalue weighted by Gasteiger charge is -2.18. The van der Waals surface area contributed by atoms with Crippen LogP contribution >= 0.6 is 11.3 Å². The van der Waals surface area contributed by atoms with Crippen molar-refractivity contribution in [3.63, 3.8) is 0 Å². The number of hydrogen-bond donors (Lipinski definition) is 2. The van der Waals surface area contributed by atoms with Gasteiger partial charge >= 0.3 is 11.9 Å². The van der Waals surface area contributed by atoms with Crippen LogP contribution in [0.4, 0.5) is 10.7 Å².